The maximum atomic E-state index is 12.9. The number of fused-ring (bicyclic) bond motifs is 1. The Morgan fingerprint density at radius 3 is 2.69 bits per heavy atom. The van der Waals surface area contributed by atoms with E-state index in [1.54, 1.807) is 30.3 Å². The number of benzene rings is 1. The van der Waals surface area contributed by atoms with Gasteiger partial charge in [0.2, 0.25) is 5.91 Å². The largest absolute Gasteiger partial charge is 0.481 e. The van der Waals surface area contributed by atoms with Gasteiger partial charge < -0.3 is 30.6 Å². The fraction of sp³-hybridized carbons (Fsp3) is 0.333. The predicted octanol–water partition coefficient (Wildman–Crippen LogP) is 1.17. The van der Waals surface area contributed by atoms with Gasteiger partial charge in [0, 0.05) is 12.3 Å². The molecule has 0 aliphatic carbocycles. The van der Waals surface area contributed by atoms with Gasteiger partial charge in [-0.2, -0.15) is 0 Å². The highest BCUT2D eigenvalue weighted by molar-refractivity contribution is 9.11. The summed E-state index contributed by atoms with van der Waals surface area (Å²) in [4.78, 5) is 60.5. The number of carboxylic acids is 1. The van der Waals surface area contributed by atoms with E-state index in [0.717, 1.165) is 11.3 Å². The lowest BCUT2D eigenvalue weighted by Gasteiger charge is -2.53. The van der Waals surface area contributed by atoms with Crippen molar-refractivity contribution >= 4 is 73.6 Å². The first-order valence-electron chi connectivity index (χ1n) is 10.4. The minimum absolute atomic E-state index is 0.0679. The van der Waals surface area contributed by atoms with Gasteiger partial charge in [0.15, 0.2) is 10.8 Å². The molecule has 0 saturated carbocycles. The van der Waals surface area contributed by atoms with Crippen molar-refractivity contribution in [2.24, 2.45) is 10.6 Å². The van der Waals surface area contributed by atoms with Crippen molar-refractivity contribution in [3.05, 3.63) is 45.4 Å². The number of nitrogens with zero attached hydrogens (tertiary/aromatic N) is 3. The number of carboxylic acid groups (broad SMARTS) is 1. The van der Waals surface area contributed by atoms with Crippen LogP contribution < -0.4 is 11.1 Å². The molecule has 2 aromatic rings. The van der Waals surface area contributed by atoms with Crippen LogP contribution in [0, 0.1) is 5.41 Å². The minimum atomic E-state index is -1.48. The molecule has 15 heteroatoms. The maximum absolute atomic E-state index is 12.9. The van der Waals surface area contributed by atoms with E-state index < -0.39 is 47.2 Å². The summed E-state index contributed by atoms with van der Waals surface area (Å²) in [6.07, 6.45) is 0. The summed E-state index contributed by atoms with van der Waals surface area (Å²) in [6, 6.07) is 7.30. The van der Waals surface area contributed by atoms with Crippen molar-refractivity contribution in [2.45, 2.75) is 11.4 Å². The number of oxime groups is 1. The number of β-lactam (4-membered cyclic amide) rings is 1. The highest BCUT2D eigenvalue weighted by Gasteiger charge is 2.58. The average molecular weight is 598 g/mol. The van der Waals surface area contributed by atoms with Crippen LogP contribution in [0.25, 0.3) is 0 Å². The van der Waals surface area contributed by atoms with E-state index in [4.69, 9.17) is 15.3 Å². The number of carbonyl (C=O) groups excluding carboxylic acids is 3. The van der Waals surface area contributed by atoms with Crippen LogP contribution in [0.15, 0.2) is 39.3 Å². The number of aromatic nitrogens is 1. The first-order valence-corrected chi connectivity index (χ1v) is 13.0. The summed E-state index contributed by atoms with van der Waals surface area (Å²) >= 11 is 5.56. The van der Waals surface area contributed by atoms with E-state index >= 15 is 0 Å². The Balaban J connectivity index is 1.42. The molecular weight excluding hydrogens is 578 g/mol. The zero-order valence-corrected chi connectivity index (χ0v) is 21.9. The van der Waals surface area contributed by atoms with Crippen LogP contribution in [0.5, 0.6) is 0 Å². The Morgan fingerprint density at radius 1 is 1.36 bits per heavy atom. The number of ether oxygens (including phenoxy) is 1. The van der Waals surface area contributed by atoms with Crippen LogP contribution in [-0.4, -0.2) is 81.9 Å². The third-order valence-electron chi connectivity index (χ3n) is 5.60. The summed E-state index contributed by atoms with van der Waals surface area (Å²) in [5.74, 6) is -2.93. The predicted molar refractivity (Wildman–Crippen MR) is 134 cm³/mol. The molecule has 12 nitrogen and oxygen atoms in total. The number of hydrogen-bond donors (Lipinski definition) is 3. The van der Waals surface area contributed by atoms with E-state index in [1.807, 2.05) is 0 Å². The number of esters is 1. The van der Waals surface area contributed by atoms with E-state index in [2.05, 4.69) is 31.4 Å². The number of aliphatic carboxylic acids is 1. The SMILES string of the molecule is CON=C(C(=O)NC1C(=O)N2CC(COC(=O)c3ccccc3)(C(=O)O)CS[C@H]12)c1nc(N)sc1Br. The first kappa shape index (κ1) is 25.9. The number of rotatable bonds is 8. The highest BCUT2D eigenvalue weighted by atomic mass is 79.9. The van der Waals surface area contributed by atoms with Gasteiger partial charge in [0.25, 0.3) is 5.91 Å². The summed E-state index contributed by atoms with van der Waals surface area (Å²) < 4.78 is 5.76. The van der Waals surface area contributed by atoms with Crippen molar-refractivity contribution in [3.63, 3.8) is 0 Å². The van der Waals surface area contributed by atoms with Crippen molar-refractivity contribution < 1.29 is 33.9 Å². The highest BCUT2D eigenvalue weighted by Crippen LogP contribution is 2.42. The van der Waals surface area contributed by atoms with Gasteiger partial charge in [-0.25, -0.2) is 9.78 Å². The number of anilines is 1. The Bertz CT molecular complexity index is 1240. The van der Waals surface area contributed by atoms with E-state index in [-0.39, 0.29) is 28.8 Å². The standard InChI is InChI=1S/C21H20BrN5O7S2/c1-33-26-12(11-14(22)36-20(23)25-11)15(28)24-13-16(29)27-7-21(19(31)32,9-35-17(13)27)8-34-18(30)10-5-3-2-4-6-10/h2-6,13,17H,7-9H2,1H3,(H2,23,25)(H,24,28)(H,31,32)/t13?,17-,21?/m1/s1. The molecule has 1 aromatic heterocycles. The van der Waals surface area contributed by atoms with Crippen molar-refractivity contribution in [1.29, 1.82) is 0 Å². The molecule has 190 valence electrons. The summed E-state index contributed by atoms with van der Waals surface area (Å²) in [5, 5.41) is 16.0. The lowest BCUT2D eigenvalue weighted by molar-refractivity contribution is -0.160. The van der Waals surface area contributed by atoms with Gasteiger partial charge in [-0.15, -0.1) is 11.8 Å². The quantitative estimate of drug-likeness (QED) is 0.173. The topological polar surface area (TPSA) is 174 Å². The summed E-state index contributed by atoms with van der Waals surface area (Å²) in [5.41, 5.74) is 4.50. The van der Waals surface area contributed by atoms with Crippen LogP contribution in [0.2, 0.25) is 0 Å². The summed E-state index contributed by atoms with van der Waals surface area (Å²) in [6.45, 7) is -0.568. The van der Waals surface area contributed by atoms with E-state index in [1.165, 1.54) is 23.8 Å². The van der Waals surface area contributed by atoms with Gasteiger partial charge in [-0.1, -0.05) is 34.7 Å². The molecule has 0 spiro atoms. The van der Waals surface area contributed by atoms with Crippen LogP contribution in [-0.2, 0) is 24.0 Å². The Hall–Kier alpha value is -3.17. The smallest absolute Gasteiger partial charge is 0.338 e. The molecule has 3 heterocycles. The molecule has 0 radical (unpaired) electrons. The molecule has 2 amide bonds. The number of amides is 2. The molecule has 3 atom stereocenters. The number of hydrogen-bond acceptors (Lipinski definition) is 11. The maximum Gasteiger partial charge on any atom is 0.338 e. The molecule has 2 saturated heterocycles. The number of halogens is 1. The van der Waals surface area contributed by atoms with Crippen molar-refractivity contribution in [1.82, 2.24) is 15.2 Å². The summed E-state index contributed by atoms with van der Waals surface area (Å²) in [7, 11) is 1.26. The third kappa shape index (κ3) is 4.90. The molecule has 2 unspecified atom stereocenters. The van der Waals surface area contributed by atoms with Crippen LogP contribution in [0.3, 0.4) is 0 Å². The number of thioether (sulfide) groups is 1. The average Bonchev–Trinajstić information content (AvgIpc) is 3.21. The molecule has 2 aliphatic heterocycles. The zero-order valence-electron chi connectivity index (χ0n) is 18.7. The van der Waals surface area contributed by atoms with Gasteiger partial charge in [0.1, 0.15) is 40.0 Å². The normalized spacial score (nSPS) is 23.3. The second kappa shape index (κ2) is 10.4. The minimum Gasteiger partial charge on any atom is -0.481 e. The van der Waals surface area contributed by atoms with Gasteiger partial charge in [0.05, 0.1) is 5.56 Å². The van der Waals surface area contributed by atoms with Crippen LogP contribution in [0.4, 0.5) is 5.13 Å². The fourth-order valence-corrected chi connectivity index (χ4v) is 6.58. The monoisotopic (exact) mass is 597 g/mol. The number of carbonyl (C=O) groups is 4. The lowest BCUT2D eigenvalue weighted by Crippen LogP contribution is -2.74. The van der Waals surface area contributed by atoms with Crippen LogP contribution >= 0.6 is 39.0 Å². The van der Waals surface area contributed by atoms with Crippen molar-refractivity contribution in [2.75, 3.05) is 31.7 Å². The number of nitrogen functional groups attached to an aromatic ring is 1. The van der Waals surface area contributed by atoms with E-state index in [0.29, 0.717) is 9.35 Å². The second-order valence-electron chi connectivity index (χ2n) is 7.94. The van der Waals surface area contributed by atoms with E-state index in [9.17, 15) is 24.3 Å². The molecule has 36 heavy (non-hydrogen) atoms. The third-order valence-corrected chi connectivity index (χ3v) is 8.72. The molecule has 2 fully saturated rings. The molecule has 4 N–H and O–H groups in total. The zero-order chi connectivity index (χ0) is 26.0. The van der Waals surface area contributed by atoms with Gasteiger partial charge in [-0.3, -0.25) is 14.4 Å². The number of thiazole rings is 1. The van der Waals surface area contributed by atoms with Gasteiger partial charge in [-0.05, 0) is 28.1 Å². The number of nitrogens with one attached hydrogen (secondary N) is 1. The second-order valence-corrected chi connectivity index (χ2v) is 11.4. The first-order chi connectivity index (χ1) is 17.2. The fourth-order valence-electron chi connectivity index (χ4n) is 3.72. The van der Waals surface area contributed by atoms with Crippen LogP contribution in [0.1, 0.15) is 16.1 Å². The van der Waals surface area contributed by atoms with Gasteiger partial charge >= 0.3 is 11.9 Å². The molecule has 1 aromatic carbocycles. The Labute approximate surface area is 221 Å². The van der Waals surface area contributed by atoms with Crippen molar-refractivity contribution in [3.8, 4) is 0 Å². The Kier molecular flexibility index (Phi) is 7.51. The lowest BCUT2D eigenvalue weighted by atomic mass is 9.88. The number of nitrogens with two attached hydrogens (primary N) is 1. The molecular formula is C21H20BrN5O7S2. The molecule has 4 rings (SSSR count). The molecule has 0 bridgehead atoms. The molecule has 2 aliphatic rings. The Morgan fingerprint density at radius 2 is 2.08 bits per heavy atom.